The van der Waals surface area contributed by atoms with Crippen molar-refractivity contribution in [3.05, 3.63) is 17.7 Å². The topological polar surface area (TPSA) is 108 Å². The molecule has 29 heavy (non-hydrogen) atoms. The molecule has 0 heterocycles. The minimum atomic E-state index is -3.95. The molecule has 0 radical (unpaired) electrons. The molecule has 2 unspecified atom stereocenters. The van der Waals surface area contributed by atoms with E-state index in [0.29, 0.717) is 12.8 Å². The van der Waals surface area contributed by atoms with Crippen molar-refractivity contribution in [2.75, 3.05) is 31.8 Å². The van der Waals surface area contributed by atoms with E-state index in [1.54, 1.807) is 0 Å². The van der Waals surface area contributed by atoms with Gasteiger partial charge in [0.25, 0.3) is 0 Å². The van der Waals surface area contributed by atoms with Crippen molar-refractivity contribution in [1.82, 2.24) is 0 Å². The first kappa shape index (κ1) is 21.4. The van der Waals surface area contributed by atoms with E-state index < -0.39 is 21.4 Å². The number of anilines is 1. The molecule has 2 fully saturated rings. The summed E-state index contributed by atoms with van der Waals surface area (Å²) in [4.78, 5) is 24.9. The average molecular weight is 426 g/mol. The molecule has 2 atom stereocenters. The van der Waals surface area contributed by atoms with E-state index in [9.17, 15) is 18.0 Å². The fourth-order valence-corrected chi connectivity index (χ4v) is 6.78. The first-order chi connectivity index (χ1) is 13.5. The van der Waals surface area contributed by atoms with Crippen LogP contribution in [0.3, 0.4) is 0 Å². The number of sulfonamides is 1. The van der Waals surface area contributed by atoms with Crippen LogP contribution < -0.4 is 14.2 Å². The fourth-order valence-electron chi connectivity index (χ4n) is 4.88. The third-order valence-corrected chi connectivity index (χ3v) is 8.17. The monoisotopic (exact) mass is 425 g/mol. The Hall–Kier alpha value is -2.29. The maximum absolute atomic E-state index is 13.1. The van der Waals surface area contributed by atoms with Crippen LogP contribution in [0.15, 0.2) is 12.1 Å². The van der Waals surface area contributed by atoms with E-state index in [4.69, 9.17) is 14.2 Å². The van der Waals surface area contributed by atoms with Gasteiger partial charge >= 0.3 is 5.97 Å². The summed E-state index contributed by atoms with van der Waals surface area (Å²) < 4.78 is 43.9. The van der Waals surface area contributed by atoms with Gasteiger partial charge in [0.1, 0.15) is 5.78 Å². The molecule has 2 bridgehead atoms. The van der Waals surface area contributed by atoms with E-state index in [1.807, 2.05) is 13.8 Å². The minimum Gasteiger partial charge on any atom is -0.493 e. The zero-order valence-electron chi connectivity index (χ0n) is 17.3. The Bertz CT molecular complexity index is 954. The Morgan fingerprint density at radius 1 is 1.17 bits per heavy atom. The zero-order chi connectivity index (χ0) is 21.6. The van der Waals surface area contributed by atoms with Crippen LogP contribution in [-0.2, 0) is 19.6 Å². The highest BCUT2D eigenvalue weighted by atomic mass is 32.2. The van der Waals surface area contributed by atoms with Crippen molar-refractivity contribution in [3.63, 3.8) is 0 Å². The summed E-state index contributed by atoms with van der Waals surface area (Å²) in [5, 5.41) is 0. The number of hydrogen-bond acceptors (Lipinski definition) is 7. The molecule has 2 aliphatic carbocycles. The van der Waals surface area contributed by atoms with Crippen LogP contribution in [0.25, 0.3) is 0 Å². The summed E-state index contributed by atoms with van der Waals surface area (Å²) in [6.07, 6.45) is 1.82. The molecule has 1 N–H and O–H groups in total. The molecule has 8 nitrogen and oxygen atoms in total. The summed E-state index contributed by atoms with van der Waals surface area (Å²) in [5.74, 6) is -0.312. The van der Waals surface area contributed by atoms with Crippen molar-refractivity contribution in [2.24, 2.45) is 16.7 Å². The first-order valence-corrected chi connectivity index (χ1v) is 11.0. The Kier molecular flexibility index (Phi) is 5.31. The van der Waals surface area contributed by atoms with Crippen LogP contribution in [0.1, 0.15) is 43.5 Å². The van der Waals surface area contributed by atoms with Gasteiger partial charge in [-0.2, -0.15) is 0 Å². The summed E-state index contributed by atoms with van der Waals surface area (Å²) in [6, 6.07) is 2.73. The van der Waals surface area contributed by atoms with Gasteiger partial charge in [0.05, 0.1) is 43.7 Å². The van der Waals surface area contributed by atoms with Gasteiger partial charge in [-0.15, -0.1) is 0 Å². The number of hydrogen-bond donors (Lipinski definition) is 1. The molecule has 0 saturated heterocycles. The van der Waals surface area contributed by atoms with Crippen LogP contribution in [-0.4, -0.2) is 47.3 Å². The Morgan fingerprint density at radius 2 is 1.79 bits per heavy atom. The van der Waals surface area contributed by atoms with Gasteiger partial charge in [-0.05, 0) is 24.2 Å². The maximum atomic E-state index is 13.1. The molecule has 3 rings (SSSR count). The minimum absolute atomic E-state index is 0.00429. The molecular formula is C20H27NO7S. The van der Waals surface area contributed by atoms with Crippen molar-refractivity contribution in [2.45, 2.75) is 33.1 Å². The number of methoxy groups -OCH3 is 3. The second-order valence-electron chi connectivity index (χ2n) is 8.27. The Balaban J connectivity index is 1.98. The summed E-state index contributed by atoms with van der Waals surface area (Å²) in [6.45, 7) is 3.95. The van der Waals surface area contributed by atoms with Crippen molar-refractivity contribution in [3.8, 4) is 11.5 Å². The van der Waals surface area contributed by atoms with Gasteiger partial charge in [-0.25, -0.2) is 13.2 Å². The summed E-state index contributed by atoms with van der Waals surface area (Å²) in [7, 11) is 0.0704. The SMILES string of the molecule is COC(=O)c1cc(OC)c(OC)cc1NS(=O)(=O)CC12CCC(CC1=O)C2(C)C. The molecule has 0 amide bonds. The van der Waals surface area contributed by atoms with E-state index in [-0.39, 0.29) is 45.6 Å². The van der Waals surface area contributed by atoms with Crippen LogP contribution in [0.2, 0.25) is 0 Å². The lowest BCUT2D eigenvalue weighted by Gasteiger charge is -2.36. The molecule has 1 aromatic carbocycles. The highest BCUT2D eigenvalue weighted by molar-refractivity contribution is 7.92. The number of fused-ring (bicyclic) bond motifs is 2. The van der Waals surface area contributed by atoms with E-state index in [1.165, 1.54) is 33.5 Å². The lowest BCUT2D eigenvalue weighted by Crippen LogP contribution is -2.43. The molecule has 1 aromatic rings. The van der Waals surface area contributed by atoms with E-state index in [0.717, 1.165) is 6.42 Å². The summed E-state index contributed by atoms with van der Waals surface area (Å²) in [5.41, 5.74) is -1.29. The number of carbonyl (C=O) groups excluding carboxylic acids is 2. The van der Waals surface area contributed by atoms with Crippen LogP contribution in [0.4, 0.5) is 5.69 Å². The summed E-state index contributed by atoms with van der Waals surface area (Å²) >= 11 is 0. The maximum Gasteiger partial charge on any atom is 0.340 e. The number of nitrogens with one attached hydrogen (secondary N) is 1. The van der Waals surface area contributed by atoms with Crippen LogP contribution in [0.5, 0.6) is 11.5 Å². The van der Waals surface area contributed by atoms with Gasteiger partial charge in [-0.3, -0.25) is 9.52 Å². The highest BCUT2D eigenvalue weighted by Gasteiger charge is 2.65. The van der Waals surface area contributed by atoms with Gasteiger partial charge in [0, 0.05) is 18.6 Å². The molecule has 0 spiro atoms. The largest absolute Gasteiger partial charge is 0.493 e. The van der Waals surface area contributed by atoms with Gasteiger partial charge in [-0.1, -0.05) is 13.8 Å². The molecule has 160 valence electrons. The van der Waals surface area contributed by atoms with Gasteiger partial charge < -0.3 is 14.2 Å². The fraction of sp³-hybridized carbons (Fsp3) is 0.600. The number of esters is 1. The molecular weight excluding hydrogens is 398 g/mol. The second kappa shape index (κ2) is 7.19. The normalized spacial score (nSPS) is 25.0. The van der Waals surface area contributed by atoms with Gasteiger partial charge in [0.2, 0.25) is 10.0 Å². The van der Waals surface area contributed by atoms with Crippen LogP contribution in [0, 0.1) is 16.7 Å². The van der Waals surface area contributed by atoms with Crippen molar-refractivity contribution < 1.29 is 32.2 Å². The molecule has 2 aliphatic rings. The Labute approximate surface area is 171 Å². The predicted octanol–water partition coefficient (Wildman–Crippen LogP) is 2.63. The smallest absolute Gasteiger partial charge is 0.340 e. The lowest BCUT2D eigenvalue weighted by atomic mass is 9.70. The number of ether oxygens (including phenoxy) is 3. The predicted molar refractivity (Wildman–Crippen MR) is 107 cm³/mol. The quantitative estimate of drug-likeness (QED) is 0.669. The number of benzene rings is 1. The van der Waals surface area contributed by atoms with Crippen molar-refractivity contribution >= 4 is 27.5 Å². The molecule has 2 saturated carbocycles. The number of rotatable bonds is 7. The number of ketones is 1. The highest BCUT2D eigenvalue weighted by Crippen LogP contribution is 2.64. The number of carbonyl (C=O) groups is 2. The second-order valence-corrected chi connectivity index (χ2v) is 9.99. The van der Waals surface area contributed by atoms with Crippen molar-refractivity contribution in [1.29, 1.82) is 0 Å². The molecule has 0 aliphatic heterocycles. The average Bonchev–Trinajstić information content (AvgIpc) is 3.00. The van der Waals surface area contributed by atoms with Crippen LogP contribution >= 0.6 is 0 Å². The van der Waals surface area contributed by atoms with Gasteiger partial charge in [0.15, 0.2) is 11.5 Å². The third kappa shape index (κ3) is 3.35. The number of Topliss-reactive ketones (excluding diaryl/α,β-unsaturated/α-hetero) is 1. The molecule has 9 heteroatoms. The lowest BCUT2D eigenvalue weighted by molar-refractivity contribution is -0.128. The standard InChI is InChI=1S/C20H27NO7S/c1-19(2)12-6-7-20(19,17(22)8-12)11-29(24,25)21-14-10-16(27-4)15(26-3)9-13(14)18(23)28-5/h9-10,12,21H,6-8,11H2,1-5H3. The third-order valence-electron chi connectivity index (χ3n) is 6.77. The zero-order valence-corrected chi connectivity index (χ0v) is 18.1. The van der Waals surface area contributed by atoms with E-state index >= 15 is 0 Å². The molecule has 0 aromatic heterocycles. The van der Waals surface area contributed by atoms with E-state index in [2.05, 4.69) is 4.72 Å². The first-order valence-electron chi connectivity index (χ1n) is 9.39. The Morgan fingerprint density at radius 3 is 2.28 bits per heavy atom.